The van der Waals surface area contributed by atoms with Gasteiger partial charge in [0.1, 0.15) is 5.75 Å². The SMILES string of the molecule is COc1ccc(C2(CNC(=O)c3ccsc3)CCCC2)cc1. The van der Waals surface area contributed by atoms with Crippen LogP contribution in [0.15, 0.2) is 41.1 Å². The molecule has 1 aliphatic rings. The van der Waals surface area contributed by atoms with E-state index in [0.29, 0.717) is 6.54 Å². The van der Waals surface area contributed by atoms with E-state index in [9.17, 15) is 4.79 Å². The molecule has 2 aromatic rings. The van der Waals surface area contributed by atoms with E-state index in [0.717, 1.165) is 24.2 Å². The average molecular weight is 315 g/mol. The molecular weight excluding hydrogens is 294 g/mol. The van der Waals surface area contributed by atoms with Gasteiger partial charge >= 0.3 is 0 Å². The molecule has 3 nitrogen and oxygen atoms in total. The predicted octanol–water partition coefficient (Wildman–Crippen LogP) is 4.00. The number of carbonyl (C=O) groups excluding carboxylic acids is 1. The summed E-state index contributed by atoms with van der Waals surface area (Å²) in [5.74, 6) is 0.903. The normalized spacial score (nSPS) is 16.4. The van der Waals surface area contributed by atoms with E-state index in [-0.39, 0.29) is 11.3 Å². The molecule has 1 aromatic heterocycles. The quantitative estimate of drug-likeness (QED) is 0.905. The molecule has 0 unspecified atom stereocenters. The summed E-state index contributed by atoms with van der Waals surface area (Å²) < 4.78 is 5.24. The van der Waals surface area contributed by atoms with Crippen LogP contribution >= 0.6 is 11.3 Å². The molecule has 1 N–H and O–H groups in total. The molecule has 1 fully saturated rings. The third-order valence-corrected chi connectivity index (χ3v) is 5.32. The number of amides is 1. The third kappa shape index (κ3) is 3.02. The number of hydrogen-bond acceptors (Lipinski definition) is 3. The van der Waals surface area contributed by atoms with E-state index in [1.54, 1.807) is 18.4 Å². The zero-order chi connectivity index (χ0) is 15.4. The summed E-state index contributed by atoms with van der Waals surface area (Å²) in [4.78, 5) is 12.2. The molecular formula is C18H21NO2S. The molecule has 1 heterocycles. The van der Waals surface area contributed by atoms with Gasteiger partial charge in [-0.3, -0.25) is 4.79 Å². The molecule has 0 bridgehead atoms. The van der Waals surface area contributed by atoms with Gasteiger partial charge in [-0.2, -0.15) is 11.3 Å². The number of hydrogen-bond donors (Lipinski definition) is 1. The van der Waals surface area contributed by atoms with Crippen molar-refractivity contribution in [2.24, 2.45) is 0 Å². The molecule has 0 saturated heterocycles. The lowest BCUT2D eigenvalue weighted by atomic mass is 9.78. The molecule has 116 valence electrons. The van der Waals surface area contributed by atoms with Crippen LogP contribution in [0.5, 0.6) is 5.75 Å². The van der Waals surface area contributed by atoms with Crippen molar-refractivity contribution in [3.05, 3.63) is 52.2 Å². The lowest BCUT2D eigenvalue weighted by molar-refractivity contribution is 0.0943. The maximum Gasteiger partial charge on any atom is 0.252 e. The van der Waals surface area contributed by atoms with Crippen LogP contribution in [0.4, 0.5) is 0 Å². The maximum absolute atomic E-state index is 12.2. The highest BCUT2D eigenvalue weighted by Crippen LogP contribution is 2.41. The van der Waals surface area contributed by atoms with Gasteiger partial charge in [-0.15, -0.1) is 0 Å². The first-order valence-corrected chi connectivity index (χ1v) is 8.63. The van der Waals surface area contributed by atoms with Crippen molar-refractivity contribution < 1.29 is 9.53 Å². The molecule has 1 amide bonds. The summed E-state index contributed by atoms with van der Waals surface area (Å²) in [5, 5.41) is 6.96. The Kier molecular flexibility index (Phi) is 4.48. The molecule has 1 saturated carbocycles. The van der Waals surface area contributed by atoms with Crippen molar-refractivity contribution in [3.8, 4) is 5.75 Å². The first-order valence-electron chi connectivity index (χ1n) is 7.68. The Bertz CT molecular complexity index is 613. The second kappa shape index (κ2) is 6.53. The Labute approximate surface area is 135 Å². The smallest absolute Gasteiger partial charge is 0.252 e. The van der Waals surface area contributed by atoms with Gasteiger partial charge in [-0.1, -0.05) is 25.0 Å². The van der Waals surface area contributed by atoms with E-state index in [1.165, 1.54) is 18.4 Å². The molecule has 0 spiro atoms. The Morgan fingerprint density at radius 1 is 1.23 bits per heavy atom. The minimum Gasteiger partial charge on any atom is -0.497 e. The van der Waals surface area contributed by atoms with Gasteiger partial charge in [0, 0.05) is 22.9 Å². The molecule has 22 heavy (non-hydrogen) atoms. The first kappa shape index (κ1) is 15.1. The van der Waals surface area contributed by atoms with E-state index >= 15 is 0 Å². The lowest BCUT2D eigenvalue weighted by Gasteiger charge is -2.30. The molecule has 0 aliphatic heterocycles. The fourth-order valence-corrected chi connectivity index (χ4v) is 3.95. The van der Waals surface area contributed by atoms with Crippen molar-refractivity contribution in [2.75, 3.05) is 13.7 Å². The first-order chi connectivity index (χ1) is 10.7. The van der Waals surface area contributed by atoms with Crippen LogP contribution < -0.4 is 10.1 Å². The van der Waals surface area contributed by atoms with Gasteiger partial charge in [0.05, 0.1) is 7.11 Å². The fourth-order valence-electron chi connectivity index (χ4n) is 3.31. The minimum absolute atomic E-state index is 0.0287. The van der Waals surface area contributed by atoms with Crippen LogP contribution in [0.1, 0.15) is 41.6 Å². The summed E-state index contributed by atoms with van der Waals surface area (Å²) >= 11 is 1.55. The largest absolute Gasteiger partial charge is 0.497 e. The van der Waals surface area contributed by atoms with Gasteiger partial charge in [-0.05, 0) is 42.0 Å². The van der Waals surface area contributed by atoms with Crippen molar-refractivity contribution in [1.82, 2.24) is 5.32 Å². The van der Waals surface area contributed by atoms with Gasteiger partial charge in [-0.25, -0.2) is 0 Å². The number of benzene rings is 1. The lowest BCUT2D eigenvalue weighted by Crippen LogP contribution is -2.38. The van der Waals surface area contributed by atoms with Crippen molar-refractivity contribution >= 4 is 17.2 Å². The zero-order valence-corrected chi connectivity index (χ0v) is 13.6. The molecule has 1 aromatic carbocycles. The van der Waals surface area contributed by atoms with Gasteiger partial charge < -0.3 is 10.1 Å². The number of methoxy groups -OCH3 is 1. The Morgan fingerprint density at radius 3 is 2.55 bits per heavy atom. The van der Waals surface area contributed by atoms with Crippen LogP contribution in [-0.4, -0.2) is 19.6 Å². The number of ether oxygens (including phenoxy) is 1. The van der Waals surface area contributed by atoms with Crippen LogP contribution in [0.25, 0.3) is 0 Å². The molecule has 0 radical (unpaired) electrons. The molecule has 0 atom stereocenters. The monoisotopic (exact) mass is 315 g/mol. The number of nitrogens with one attached hydrogen (secondary N) is 1. The van der Waals surface area contributed by atoms with E-state index < -0.39 is 0 Å². The summed E-state index contributed by atoms with van der Waals surface area (Å²) in [5.41, 5.74) is 2.13. The van der Waals surface area contributed by atoms with Gasteiger partial charge in [0.25, 0.3) is 5.91 Å². The van der Waals surface area contributed by atoms with Crippen LogP contribution in [0.2, 0.25) is 0 Å². The average Bonchev–Trinajstić information content (AvgIpc) is 3.25. The topological polar surface area (TPSA) is 38.3 Å². The summed E-state index contributed by atoms with van der Waals surface area (Å²) in [7, 11) is 1.68. The summed E-state index contributed by atoms with van der Waals surface area (Å²) in [6.45, 7) is 0.702. The highest BCUT2D eigenvalue weighted by Gasteiger charge is 2.35. The highest BCUT2D eigenvalue weighted by atomic mass is 32.1. The summed E-state index contributed by atoms with van der Waals surface area (Å²) in [6, 6.07) is 10.2. The Balaban J connectivity index is 1.75. The zero-order valence-electron chi connectivity index (χ0n) is 12.8. The van der Waals surface area contributed by atoms with Crippen LogP contribution in [0.3, 0.4) is 0 Å². The fraction of sp³-hybridized carbons (Fsp3) is 0.389. The second-order valence-corrected chi connectivity index (χ2v) is 6.69. The minimum atomic E-state index is 0.0287. The van der Waals surface area contributed by atoms with Crippen LogP contribution in [0, 0.1) is 0 Å². The van der Waals surface area contributed by atoms with Gasteiger partial charge in [0.15, 0.2) is 0 Å². The molecule has 4 heteroatoms. The van der Waals surface area contributed by atoms with E-state index in [1.807, 2.05) is 29.0 Å². The van der Waals surface area contributed by atoms with Gasteiger partial charge in [0.2, 0.25) is 0 Å². The van der Waals surface area contributed by atoms with Crippen molar-refractivity contribution in [2.45, 2.75) is 31.1 Å². The Hall–Kier alpha value is -1.81. The Morgan fingerprint density at radius 2 is 1.95 bits per heavy atom. The van der Waals surface area contributed by atoms with E-state index in [2.05, 4.69) is 17.4 Å². The third-order valence-electron chi connectivity index (χ3n) is 4.63. The van der Waals surface area contributed by atoms with Crippen molar-refractivity contribution in [3.63, 3.8) is 0 Å². The van der Waals surface area contributed by atoms with Crippen molar-refractivity contribution in [1.29, 1.82) is 0 Å². The predicted molar refractivity (Wildman–Crippen MR) is 89.8 cm³/mol. The highest BCUT2D eigenvalue weighted by molar-refractivity contribution is 7.08. The number of rotatable bonds is 5. The second-order valence-electron chi connectivity index (χ2n) is 5.91. The standard InChI is InChI=1S/C18H21NO2S/c1-21-16-6-4-15(5-7-16)18(9-2-3-10-18)13-19-17(20)14-8-11-22-12-14/h4-8,11-12H,2-3,9-10,13H2,1H3,(H,19,20). The number of carbonyl (C=O) groups is 1. The number of thiophene rings is 1. The molecule has 1 aliphatic carbocycles. The maximum atomic E-state index is 12.2. The van der Waals surface area contributed by atoms with Crippen LogP contribution in [-0.2, 0) is 5.41 Å². The molecule has 3 rings (SSSR count). The summed E-state index contributed by atoms with van der Waals surface area (Å²) in [6.07, 6.45) is 4.70. The van der Waals surface area contributed by atoms with E-state index in [4.69, 9.17) is 4.74 Å².